The standard InChI is InChI=1S/C11H12BrN3O4S2/c1-6-7(5-15(2)14-6)4-13-21(18,19)9-3-8(11(16)17)20-10(9)12/h3,5,13H,4H2,1-2H3,(H,16,17). The Morgan fingerprint density at radius 1 is 1.57 bits per heavy atom. The van der Waals surface area contributed by atoms with Crippen LogP contribution in [0.4, 0.5) is 0 Å². The molecule has 0 aliphatic rings. The van der Waals surface area contributed by atoms with Gasteiger partial charge in [0, 0.05) is 25.4 Å². The molecule has 0 aliphatic heterocycles. The van der Waals surface area contributed by atoms with Gasteiger partial charge in [-0.1, -0.05) is 0 Å². The second-order valence-electron chi connectivity index (χ2n) is 4.29. The third-order valence-corrected chi connectivity index (χ3v) is 6.36. The zero-order valence-corrected chi connectivity index (χ0v) is 14.3. The molecule has 2 rings (SSSR count). The minimum atomic E-state index is -3.80. The number of aromatic carboxylic acids is 1. The van der Waals surface area contributed by atoms with E-state index >= 15 is 0 Å². The number of hydrogen-bond acceptors (Lipinski definition) is 5. The van der Waals surface area contributed by atoms with E-state index in [2.05, 4.69) is 25.8 Å². The number of carbonyl (C=O) groups is 1. The first-order valence-corrected chi connectivity index (χ1v) is 8.81. The number of rotatable bonds is 5. The molecule has 0 saturated carbocycles. The van der Waals surface area contributed by atoms with E-state index < -0.39 is 16.0 Å². The van der Waals surface area contributed by atoms with Crippen molar-refractivity contribution in [2.45, 2.75) is 18.4 Å². The highest BCUT2D eigenvalue weighted by Gasteiger charge is 2.23. The van der Waals surface area contributed by atoms with Crippen LogP contribution in [0, 0.1) is 6.92 Å². The first kappa shape index (κ1) is 16.1. The van der Waals surface area contributed by atoms with Crippen molar-refractivity contribution in [3.63, 3.8) is 0 Å². The zero-order valence-electron chi connectivity index (χ0n) is 11.1. The molecular formula is C11H12BrN3O4S2. The predicted molar refractivity (Wildman–Crippen MR) is 80.9 cm³/mol. The van der Waals surface area contributed by atoms with Crippen LogP contribution in [0.5, 0.6) is 0 Å². The van der Waals surface area contributed by atoms with Crippen LogP contribution in [-0.2, 0) is 23.6 Å². The van der Waals surface area contributed by atoms with Crippen molar-refractivity contribution in [2.75, 3.05) is 0 Å². The summed E-state index contributed by atoms with van der Waals surface area (Å²) in [5.74, 6) is -1.16. The lowest BCUT2D eigenvalue weighted by atomic mass is 10.3. The Morgan fingerprint density at radius 2 is 2.24 bits per heavy atom. The highest BCUT2D eigenvalue weighted by Crippen LogP contribution is 2.31. The number of nitrogens with zero attached hydrogens (tertiary/aromatic N) is 2. The third-order valence-electron chi connectivity index (χ3n) is 2.72. The summed E-state index contributed by atoms with van der Waals surface area (Å²) in [6.07, 6.45) is 1.73. The lowest BCUT2D eigenvalue weighted by molar-refractivity contribution is 0.0702. The molecule has 0 spiro atoms. The van der Waals surface area contributed by atoms with E-state index in [-0.39, 0.29) is 20.1 Å². The maximum atomic E-state index is 12.2. The summed E-state index contributed by atoms with van der Waals surface area (Å²) in [5, 5.41) is 13.0. The van der Waals surface area contributed by atoms with E-state index in [0.717, 1.165) is 28.7 Å². The quantitative estimate of drug-likeness (QED) is 0.805. The Hall–Kier alpha value is -1.23. The van der Waals surface area contributed by atoms with Gasteiger partial charge < -0.3 is 5.11 Å². The summed E-state index contributed by atoms with van der Waals surface area (Å²) in [6.45, 7) is 1.87. The topological polar surface area (TPSA) is 101 Å². The average molecular weight is 394 g/mol. The minimum Gasteiger partial charge on any atom is -0.477 e. The molecule has 0 unspecified atom stereocenters. The van der Waals surface area contributed by atoms with Gasteiger partial charge in [-0.2, -0.15) is 5.10 Å². The first-order valence-electron chi connectivity index (χ1n) is 5.72. The smallest absolute Gasteiger partial charge is 0.345 e. The number of thiophene rings is 1. The van der Waals surface area contributed by atoms with Crippen LogP contribution in [0.3, 0.4) is 0 Å². The predicted octanol–water partition coefficient (Wildman–Crippen LogP) is 1.73. The Labute approximate surface area is 133 Å². The zero-order chi connectivity index (χ0) is 15.8. The maximum absolute atomic E-state index is 12.2. The SMILES string of the molecule is Cc1nn(C)cc1CNS(=O)(=O)c1cc(C(=O)O)sc1Br. The average Bonchev–Trinajstić information content (AvgIpc) is 2.90. The molecule has 10 heteroatoms. The Kier molecular flexibility index (Phi) is 4.51. The van der Waals surface area contributed by atoms with E-state index in [9.17, 15) is 13.2 Å². The van der Waals surface area contributed by atoms with Crippen molar-refractivity contribution >= 4 is 43.3 Å². The molecule has 21 heavy (non-hydrogen) atoms. The monoisotopic (exact) mass is 393 g/mol. The normalized spacial score (nSPS) is 11.8. The highest BCUT2D eigenvalue weighted by atomic mass is 79.9. The van der Waals surface area contributed by atoms with Crippen LogP contribution in [0.2, 0.25) is 0 Å². The molecule has 2 aromatic heterocycles. The molecule has 2 N–H and O–H groups in total. The minimum absolute atomic E-state index is 0.0418. The summed E-state index contributed by atoms with van der Waals surface area (Å²) in [4.78, 5) is 10.8. The fourth-order valence-corrected chi connectivity index (χ4v) is 5.12. The van der Waals surface area contributed by atoms with Gasteiger partial charge in [-0.25, -0.2) is 17.9 Å². The summed E-state index contributed by atoms with van der Waals surface area (Å²) in [7, 11) is -2.05. The van der Waals surface area contributed by atoms with Gasteiger partial charge in [0.2, 0.25) is 10.0 Å². The van der Waals surface area contributed by atoms with Crippen LogP contribution < -0.4 is 4.72 Å². The van der Waals surface area contributed by atoms with E-state index in [1.807, 2.05) is 0 Å². The van der Waals surface area contributed by atoms with Gasteiger partial charge in [-0.05, 0) is 28.9 Å². The number of halogens is 1. The molecule has 0 atom stereocenters. The van der Waals surface area contributed by atoms with Crippen molar-refractivity contribution in [3.05, 3.63) is 32.2 Å². The summed E-state index contributed by atoms with van der Waals surface area (Å²) in [5.41, 5.74) is 1.49. The number of aryl methyl sites for hydroxylation is 2. The fourth-order valence-electron chi connectivity index (χ4n) is 1.71. The number of carboxylic acid groups (broad SMARTS) is 1. The number of sulfonamides is 1. The molecule has 7 nitrogen and oxygen atoms in total. The molecule has 0 fully saturated rings. The molecule has 0 aliphatic carbocycles. The lowest BCUT2D eigenvalue weighted by Gasteiger charge is -2.04. The molecule has 0 amide bonds. The van der Waals surface area contributed by atoms with E-state index in [1.165, 1.54) is 0 Å². The van der Waals surface area contributed by atoms with Gasteiger partial charge >= 0.3 is 5.97 Å². The third kappa shape index (κ3) is 3.51. The van der Waals surface area contributed by atoms with Gasteiger partial charge in [-0.15, -0.1) is 11.3 Å². The highest BCUT2D eigenvalue weighted by molar-refractivity contribution is 9.11. The molecule has 2 aromatic rings. The Balaban J connectivity index is 2.22. The molecule has 0 radical (unpaired) electrons. The van der Waals surface area contributed by atoms with Crippen molar-refractivity contribution in [1.29, 1.82) is 0 Å². The van der Waals surface area contributed by atoms with E-state index in [4.69, 9.17) is 5.11 Å². The molecule has 0 saturated heterocycles. The summed E-state index contributed by atoms with van der Waals surface area (Å²) < 4.78 is 28.8. The van der Waals surface area contributed by atoms with Crippen molar-refractivity contribution in [3.8, 4) is 0 Å². The number of aromatic nitrogens is 2. The molecular weight excluding hydrogens is 382 g/mol. The Bertz CT molecular complexity index is 794. The maximum Gasteiger partial charge on any atom is 0.345 e. The van der Waals surface area contributed by atoms with Crippen LogP contribution in [0.1, 0.15) is 20.9 Å². The fraction of sp³-hybridized carbons (Fsp3) is 0.273. The van der Waals surface area contributed by atoms with Gasteiger partial charge in [0.15, 0.2) is 0 Å². The Morgan fingerprint density at radius 3 is 2.71 bits per heavy atom. The first-order chi connectivity index (χ1) is 9.70. The van der Waals surface area contributed by atoms with E-state index in [0.29, 0.717) is 0 Å². The van der Waals surface area contributed by atoms with Crippen LogP contribution in [0.15, 0.2) is 20.9 Å². The van der Waals surface area contributed by atoms with Crippen molar-refractivity contribution < 1.29 is 18.3 Å². The second-order valence-corrected chi connectivity index (χ2v) is 8.40. The van der Waals surface area contributed by atoms with Crippen LogP contribution >= 0.6 is 27.3 Å². The number of hydrogen-bond donors (Lipinski definition) is 2. The second kappa shape index (κ2) is 5.87. The van der Waals surface area contributed by atoms with E-state index in [1.54, 1.807) is 24.9 Å². The van der Waals surface area contributed by atoms with Gasteiger partial charge in [0.05, 0.1) is 9.48 Å². The number of carboxylic acids is 1. The van der Waals surface area contributed by atoms with Crippen LogP contribution in [0.25, 0.3) is 0 Å². The van der Waals surface area contributed by atoms with Crippen LogP contribution in [-0.4, -0.2) is 29.3 Å². The summed E-state index contributed by atoms with van der Waals surface area (Å²) in [6, 6.07) is 1.13. The largest absolute Gasteiger partial charge is 0.477 e. The summed E-state index contributed by atoms with van der Waals surface area (Å²) >= 11 is 3.95. The number of nitrogens with one attached hydrogen (secondary N) is 1. The molecule has 0 bridgehead atoms. The lowest BCUT2D eigenvalue weighted by Crippen LogP contribution is -2.23. The van der Waals surface area contributed by atoms with Gasteiger partial charge in [0.25, 0.3) is 0 Å². The van der Waals surface area contributed by atoms with Gasteiger partial charge in [-0.3, -0.25) is 4.68 Å². The molecule has 2 heterocycles. The molecule has 114 valence electrons. The van der Waals surface area contributed by atoms with Crippen molar-refractivity contribution in [2.24, 2.45) is 7.05 Å². The molecule has 0 aromatic carbocycles. The van der Waals surface area contributed by atoms with Crippen molar-refractivity contribution in [1.82, 2.24) is 14.5 Å². The van der Waals surface area contributed by atoms with Gasteiger partial charge in [0.1, 0.15) is 9.77 Å².